The second kappa shape index (κ2) is 10.7. The summed E-state index contributed by atoms with van der Waals surface area (Å²) in [5, 5.41) is 6.74. The molecule has 0 aromatic heterocycles. The Morgan fingerprint density at radius 1 is 0.700 bits per heavy atom. The summed E-state index contributed by atoms with van der Waals surface area (Å²) in [5.41, 5.74) is 8.20. The van der Waals surface area contributed by atoms with E-state index in [0.29, 0.717) is 4.22 Å². The number of hydrogen-bond acceptors (Lipinski definition) is 0. The van der Waals surface area contributed by atoms with Crippen LogP contribution < -0.4 is 5.30 Å². The first kappa shape index (κ1) is 24.8. The SMILES string of the molecule is C=C(C)C(=C)C.[CH3][Ti]([CH3])([PH]c1ccccc1)[CH]1c2ccccc2-c2ccccc21.[SiH4]. The van der Waals surface area contributed by atoms with Gasteiger partial charge in [0.2, 0.25) is 0 Å². The van der Waals surface area contributed by atoms with Crippen molar-refractivity contribution in [1.29, 1.82) is 0 Å². The Labute approximate surface area is 192 Å². The van der Waals surface area contributed by atoms with Crippen molar-refractivity contribution in [3.63, 3.8) is 0 Å². The largest absolute Gasteiger partial charge is 0.0149 e. The molecule has 0 saturated heterocycles. The summed E-state index contributed by atoms with van der Waals surface area (Å²) in [6, 6.07) is 29.2. The van der Waals surface area contributed by atoms with E-state index in [4.69, 9.17) is 0 Å². The van der Waals surface area contributed by atoms with Crippen LogP contribution in [0.3, 0.4) is 0 Å². The Hall–Kier alpha value is -1.50. The van der Waals surface area contributed by atoms with Crippen molar-refractivity contribution in [1.82, 2.24) is 0 Å². The first-order chi connectivity index (χ1) is 13.8. The van der Waals surface area contributed by atoms with Crippen molar-refractivity contribution < 1.29 is 16.1 Å². The maximum absolute atomic E-state index is 3.66. The third-order valence-electron chi connectivity index (χ3n) is 5.52. The van der Waals surface area contributed by atoms with Crippen molar-refractivity contribution in [2.75, 3.05) is 0 Å². The maximum Gasteiger partial charge on any atom is -0.0149 e. The van der Waals surface area contributed by atoms with Gasteiger partial charge in [-0.05, 0) is 24.8 Å². The molecule has 0 aliphatic heterocycles. The molecule has 3 heteroatoms. The van der Waals surface area contributed by atoms with Crippen LogP contribution in [0.15, 0.2) is 103 Å². The van der Waals surface area contributed by atoms with Gasteiger partial charge in [0.05, 0.1) is 0 Å². The zero-order valence-electron chi connectivity index (χ0n) is 18.0. The van der Waals surface area contributed by atoms with Crippen LogP contribution >= 0.6 is 6.57 Å². The molecule has 1 atom stereocenters. The topological polar surface area (TPSA) is 0 Å². The van der Waals surface area contributed by atoms with Crippen LogP contribution in [0.2, 0.25) is 10.5 Å². The minimum Gasteiger partial charge on any atom is -0.0149 e. The van der Waals surface area contributed by atoms with Crippen molar-refractivity contribution in [3.8, 4) is 11.1 Å². The number of benzene rings is 3. The molecule has 4 rings (SSSR count). The zero-order valence-corrected chi connectivity index (χ0v) is 20.6. The fraction of sp³-hybridized carbons (Fsp3) is 0.185. The quantitative estimate of drug-likeness (QED) is 0.231. The predicted octanol–water partition coefficient (Wildman–Crippen LogP) is 6.61. The molecular formula is C27H35PSiTi. The van der Waals surface area contributed by atoms with Crippen LogP contribution in [-0.2, 0) is 16.1 Å². The van der Waals surface area contributed by atoms with Crippen LogP contribution in [0.5, 0.6) is 0 Å². The van der Waals surface area contributed by atoms with Gasteiger partial charge in [-0.25, -0.2) is 0 Å². The van der Waals surface area contributed by atoms with Crippen LogP contribution in [0.25, 0.3) is 11.1 Å². The average Bonchev–Trinajstić information content (AvgIpc) is 3.04. The molecule has 0 saturated carbocycles. The zero-order chi connectivity index (χ0) is 21.0. The standard InChI is InChI=1S/C13H9.C6H6P.C6H10.2CH3.H4Si.Ti/c1-3-7-12-10(5-1)9-11-6-2-4-8-13(11)12;7-6-4-2-1-3-5-6;1-5(2)6(3)4;;;;/h1-9H;1-5,7H;1,3H2,2,4H3;2*1H3;1H4;/q;-1;;;;;+1. The van der Waals surface area contributed by atoms with E-state index in [-0.39, 0.29) is 11.0 Å². The van der Waals surface area contributed by atoms with E-state index in [0.717, 1.165) is 17.7 Å². The van der Waals surface area contributed by atoms with E-state index in [9.17, 15) is 0 Å². The van der Waals surface area contributed by atoms with E-state index in [2.05, 4.69) is 102 Å². The fourth-order valence-electron chi connectivity index (χ4n) is 3.90. The van der Waals surface area contributed by atoms with Crippen LogP contribution in [-0.4, -0.2) is 11.0 Å². The van der Waals surface area contributed by atoms with Gasteiger partial charge in [-0.15, -0.1) is 0 Å². The van der Waals surface area contributed by atoms with Gasteiger partial charge in [0.15, 0.2) is 0 Å². The minimum atomic E-state index is -2.08. The predicted molar refractivity (Wildman–Crippen MR) is 141 cm³/mol. The summed E-state index contributed by atoms with van der Waals surface area (Å²) < 4.78 is 0.654. The average molecular weight is 467 g/mol. The summed E-state index contributed by atoms with van der Waals surface area (Å²) in [6.45, 7) is 12.2. The molecule has 156 valence electrons. The van der Waals surface area contributed by atoms with Gasteiger partial charge in [0, 0.05) is 0 Å². The first-order valence-electron chi connectivity index (χ1n) is 10.1. The number of allylic oxidation sites excluding steroid dienone is 2. The smallest absolute Gasteiger partial charge is 0.0149 e. The molecular weight excluding hydrogens is 431 g/mol. The van der Waals surface area contributed by atoms with Gasteiger partial charge < -0.3 is 0 Å². The minimum absolute atomic E-state index is 0. The van der Waals surface area contributed by atoms with Gasteiger partial charge in [-0.2, -0.15) is 0 Å². The molecule has 0 radical (unpaired) electrons. The summed E-state index contributed by atoms with van der Waals surface area (Å²) in [7, 11) is 0. The number of rotatable bonds is 4. The number of hydrogen-bond donors (Lipinski definition) is 0. The first-order valence-corrected chi connectivity index (χ1v) is 17.5. The molecule has 0 bridgehead atoms. The molecule has 0 heterocycles. The molecule has 0 N–H and O–H groups in total. The van der Waals surface area contributed by atoms with E-state index >= 15 is 0 Å². The third kappa shape index (κ3) is 5.59. The second-order valence-electron chi connectivity index (χ2n) is 8.38. The second-order valence-corrected chi connectivity index (χ2v) is 22.0. The van der Waals surface area contributed by atoms with Gasteiger partial charge >= 0.3 is 144 Å². The molecule has 0 spiro atoms. The Balaban J connectivity index is 0.000000405. The summed E-state index contributed by atoms with van der Waals surface area (Å²) >= 11 is -2.08. The van der Waals surface area contributed by atoms with Crippen molar-refractivity contribution in [2.45, 2.75) is 28.5 Å². The van der Waals surface area contributed by atoms with Crippen LogP contribution in [0.4, 0.5) is 0 Å². The molecule has 0 nitrogen and oxygen atoms in total. The van der Waals surface area contributed by atoms with Gasteiger partial charge in [-0.1, -0.05) is 24.3 Å². The third-order valence-corrected chi connectivity index (χ3v) is 15.6. The molecule has 3 aromatic carbocycles. The summed E-state index contributed by atoms with van der Waals surface area (Å²) in [5.74, 6) is 0. The van der Waals surface area contributed by atoms with Crippen molar-refractivity contribution in [2.24, 2.45) is 0 Å². The Morgan fingerprint density at radius 2 is 1.10 bits per heavy atom. The van der Waals surface area contributed by atoms with Crippen molar-refractivity contribution >= 4 is 22.8 Å². The molecule has 1 aliphatic rings. The van der Waals surface area contributed by atoms with Gasteiger partial charge in [0.1, 0.15) is 0 Å². The van der Waals surface area contributed by atoms with Gasteiger partial charge in [-0.3, -0.25) is 0 Å². The molecule has 3 aromatic rings. The van der Waals surface area contributed by atoms with Crippen LogP contribution in [0.1, 0.15) is 29.2 Å². The molecule has 0 fully saturated rings. The molecule has 1 aliphatic carbocycles. The van der Waals surface area contributed by atoms with E-state index in [1.807, 2.05) is 13.8 Å². The van der Waals surface area contributed by atoms with E-state index < -0.39 is 16.1 Å². The van der Waals surface area contributed by atoms with E-state index in [1.165, 1.54) is 16.4 Å². The summed E-state index contributed by atoms with van der Waals surface area (Å²) in [4.78, 5) is 0. The van der Waals surface area contributed by atoms with Crippen molar-refractivity contribution in [3.05, 3.63) is 114 Å². The Kier molecular flexibility index (Phi) is 8.83. The molecule has 1 unspecified atom stereocenters. The van der Waals surface area contributed by atoms with E-state index in [1.54, 1.807) is 11.1 Å². The summed E-state index contributed by atoms with van der Waals surface area (Å²) in [6.07, 6.45) is 0. The van der Waals surface area contributed by atoms with Gasteiger partial charge in [0.25, 0.3) is 0 Å². The normalized spacial score (nSPS) is 12.4. The molecule has 0 amide bonds. The van der Waals surface area contributed by atoms with Crippen LogP contribution in [0, 0.1) is 0 Å². The Bertz CT molecular complexity index is 966. The molecule has 30 heavy (non-hydrogen) atoms. The Morgan fingerprint density at radius 3 is 1.53 bits per heavy atom. The maximum atomic E-state index is 3.66. The monoisotopic (exact) mass is 466 g/mol. The fourth-order valence-corrected chi connectivity index (χ4v) is 14.6. The number of fused-ring (bicyclic) bond motifs is 3.